The number of hydrogen-bond donors (Lipinski definition) is 0. The lowest BCUT2D eigenvalue weighted by molar-refractivity contribution is -0.270. The Labute approximate surface area is 111 Å². The van der Waals surface area contributed by atoms with Crippen molar-refractivity contribution in [2.75, 3.05) is 13.2 Å². The largest absolute Gasteiger partial charge is 0.370 e. The first-order valence-electron chi connectivity index (χ1n) is 8.15. The first-order chi connectivity index (χ1) is 8.87. The number of fused-ring (bicyclic) bond motifs is 1. The molecule has 0 atom stereocenters. The lowest BCUT2D eigenvalue weighted by atomic mass is 9.72. The van der Waals surface area contributed by atoms with Gasteiger partial charge in [0.15, 0.2) is 0 Å². The summed E-state index contributed by atoms with van der Waals surface area (Å²) < 4.78 is 12.8. The summed E-state index contributed by atoms with van der Waals surface area (Å²) in [7, 11) is 0. The highest BCUT2D eigenvalue weighted by atomic mass is 16.6. The molecule has 3 fully saturated rings. The van der Waals surface area contributed by atoms with Gasteiger partial charge in [-0.2, -0.15) is 0 Å². The molecule has 0 bridgehead atoms. The van der Waals surface area contributed by atoms with Crippen LogP contribution in [0.25, 0.3) is 0 Å². The molecule has 2 aliphatic carbocycles. The van der Waals surface area contributed by atoms with Crippen molar-refractivity contribution >= 4 is 0 Å². The Balaban J connectivity index is 1.86. The smallest absolute Gasteiger partial charge is 0.0971 e. The van der Waals surface area contributed by atoms with E-state index in [4.69, 9.17) is 9.47 Å². The van der Waals surface area contributed by atoms with Gasteiger partial charge in [-0.1, -0.05) is 51.4 Å². The SMILES string of the molecule is C1CCCC2(CC1)OCCOC21CCCCCC1. The van der Waals surface area contributed by atoms with Crippen molar-refractivity contribution in [3.63, 3.8) is 0 Å². The molecule has 2 spiro atoms. The van der Waals surface area contributed by atoms with Crippen molar-refractivity contribution in [1.82, 2.24) is 0 Å². The van der Waals surface area contributed by atoms with Crippen molar-refractivity contribution in [3.05, 3.63) is 0 Å². The minimum Gasteiger partial charge on any atom is -0.370 e. The second-order valence-electron chi connectivity index (χ2n) is 6.51. The third-order valence-corrected chi connectivity index (χ3v) is 5.49. The lowest BCUT2D eigenvalue weighted by Gasteiger charge is -2.53. The second-order valence-corrected chi connectivity index (χ2v) is 6.51. The summed E-state index contributed by atoms with van der Waals surface area (Å²) in [6, 6.07) is 0. The van der Waals surface area contributed by atoms with Crippen molar-refractivity contribution in [2.24, 2.45) is 0 Å². The molecule has 0 aromatic rings. The van der Waals surface area contributed by atoms with Gasteiger partial charge in [0.1, 0.15) is 0 Å². The molecule has 0 unspecified atom stereocenters. The summed E-state index contributed by atoms with van der Waals surface area (Å²) in [5, 5.41) is 0. The average molecular weight is 252 g/mol. The highest BCUT2D eigenvalue weighted by Gasteiger charge is 2.54. The molecule has 0 N–H and O–H groups in total. The summed E-state index contributed by atoms with van der Waals surface area (Å²) in [5.74, 6) is 0. The average Bonchev–Trinajstić information content (AvgIpc) is 2.76. The first-order valence-corrected chi connectivity index (χ1v) is 8.15. The molecule has 2 nitrogen and oxygen atoms in total. The Bertz CT molecular complexity index is 230. The Hall–Kier alpha value is -0.0800. The molecule has 1 aliphatic heterocycles. The van der Waals surface area contributed by atoms with Crippen LogP contribution in [0.1, 0.15) is 77.0 Å². The van der Waals surface area contributed by atoms with E-state index in [-0.39, 0.29) is 11.2 Å². The molecular formula is C16H28O2. The summed E-state index contributed by atoms with van der Waals surface area (Å²) in [4.78, 5) is 0. The van der Waals surface area contributed by atoms with E-state index in [1.807, 2.05) is 0 Å². The van der Waals surface area contributed by atoms with E-state index in [1.165, 1.54) is 77.0 Å². The monoisotopic (exact) mass is 252 g/mol. The Morgan fingerprint density at radius 2 is 0.778 bits per heavy atom. The van der Waals surface area contributed by atoms with Crippen molar-refractivity contribution in [1.29, 1.82) is 0 Å². The Morgan fingerprint density at radius 3 is 1.11 bits per heavy atom. The summed E-state index contributed by atoms with van der Waals surface area (Å²) in [5.41, 5.74) is 0.151. The molecule has 2 heteroatoms. The van der Waals surface area contributed by atoms with E-state index >= 15 is 0 Å². The molecular weight excluding hydrogens is 224 g/mol. The molecule has 1 saturated heterocycles. The van der Waals surface area contributed by atoms with Crippen LogP contribution in [0, 0.1) is 0 Å². The van der Waals surface area contributed by atoms with Crippen LogP contribution < -0.4 is 0 Å². The quantitative estimate of drug-likeness (QED) is 0.642. The van der Waals surface area contributed by atoms with Crippen molar-refractivity contribution in [3.8, 4) is 0 Å². The maximum atomic E-state index is 6.41. The van der Waals surface area contributed by atoms with E-state index in [2.05, 4.69) is 0 Å². The van der Waals surface area contributed by atoms with Gasteiger partial charge < -0.3 is 9.47 Å². The summed E-state index contributed by atoms with van der Waals surface area (Å²) >= 11 is 0. The van der Waals surface area contributed by atoms with Gasteiger partial charge in [0.2, 0.25) is 0 Å². The highest BCUT2D eigenvalue weighted by Crippen LogP contribution is 2.49. The molecule has 2 saturated carbocycles. The molecule has 104 valence electrons. The fourth-order valence-corrected chi connectivity index (χ4v) is 4.54. The van der Waals surface area contributed by atoms with Crippen LogP contribution >= 0.6 is 0 Å². The van der Waals surface area contributed by atoms with Gasteiger partial charge in [-0.25, -0.2) is 0 Å². The molecule has 3 aliphatic rings. The van der Waals surface area contributed by atoms with Crippen molar-refractivity contribution in [2.45, 2.75) is 88.3 Å². The van der Waals surface area contributed by atoms with Gasteiger partial charge in [-0.05, 0) is 25.7 Å². The predicted molar refractivity (Wildman–Crippen MR) is 72.8 cm³/mol. The molecule has 0 radical (unpaired) electrons. The van der Waals surface area contributed by atoms with Crippen LogP contribution in [-0.4, -0.2) is 24.4 Å². The lowest BCUT2D eigenvalue weighted by Crippen LogP contribution is -2.60. The Kier molecular flexibility index (Phi) is 3.95. The number of hydrogen-bond acceptors (Lipinski definition) is 2. The van der Waals surface area contributed by atoms with Crippen LogP contribution in [0.4, 0.5) is 0 Å². The number of ether oxygens (including phenoxy) is 2. The van der Waals surface area contributed by atoms with E-state index in [0.29, 0.717) is 0 Å². The standard InChI is InChI=1S/C16H28O2/c1-2-6-10-15(9-5-1)16(18-14-13-17-15)11-7-3-4-8-12-16/h1-14H2. The first kappa shape index (κ1) is 12.9. The maximum Gasteiger partial charge on any atom is 0.0971 e. The van der Waals surface area contributed by atoms with Gasteiger partial charge in [-0.3, -0.25) is 0 Å². The molecule has 3 rings (SSSR count). The van der Waals surface area contributed by atoms with Gasteiger partial charge in [0.05, 0.1) is 24.4 Å². The zero-order chi connectivity index (χ0) is 12.3. The van der Waals surface area contributed by atoms with Gasteiger partial charge in [0.25, 0.3) is 0 Å². The predicted octanol–water partition coefficient (Wildman–Crippen LogP) is 4.22. The molecule has 0 aromatic carbocycles. The third kappa shape index (κ3) is 2.22. The van der Waals surface area contributed by atoms with Gasteiger partial charge in [-0.15, -0.1) is 0 Å². The molecule has 0 aromatic heterocycles. The Morgan fingerprint density at radius 1 is 0.444 bits per heavy atom. The van der Waals surface area contributed by atoms with Crippen LogP contribution in [0.5, 0.6) is 0 Å². The van der Waals surface area contributed by atoms with E-state index in [0.717, 1.165) is 13.2 Å². The fourth-order valence-electron chi connectivity index (χ4n) is 4.54. The zero-order valence-electron chi connectivity index (χ0n) is 11.7. The molecule has 18 heavy (non-hydrogen) atoms. The highest BCUT2D eigenvalue weighted by molar-refractivity contribution is 5.05. The topological polar surface area (TPSA) is 18.5 Å². The van der Waals surface area contributed by atoms with Crippen LogP contribution in [0.2, 0.25) is 0 Å². The minimum absolute atomic E-state index is 0.0755. The normalized spacial score (nSPS) is 32.0. The fraction of sp³-hybridized carbons (Fsp3) is 1.00. The van der Waals surface area contributed by atoms with E-state index in [9.17, 15) is 0 Å². The zero-order valence-corrected chi connectivity index (χ0v) is 11.7. The summed E-state index contributed by atoms with van der Waals surface area (Å²) in [6.07, 6.45) is 15.9. The van der Waals surface area contributed by atoms with Gasteiger partial charge >= 0.3 is 0 Å². The van der Waals surface area contributed by atoms with Crippen LogP contribution in [0.3, 0.4) is 0 Å². The summed E-state index contributed by atoms with van der Waals surface area (Å²) in [6.45, 7) is 1.64. The minimum atomic E-state index is 0.0755. The third-order valence-electron chi connectivity index (χ3n) is 5.49. The van der Waals surface area contributed by atoms with Crippen LogP contribution in [0.15, 0.2) is 0 Å². The van der Waals surface area contributed by atoms with E-state index < -0.39 is 0 Å². The van der Waals surface area contributed by atoms with Crippen molar-refractivity contribution < 1.29 is 9.47 Å². The molecule has 1 heterocycles. The van der Waals surface area contributed by atoms with Crippen LogP contribution in [-0.2, 0) is 9.47 Å². The number of rotatable bonds is 0. The van der Waals surface area contributed by atoms with Gasteiger partial charge in [0, 0.05) is 0 Å². The van der Waals surface area contributed by atoms with E-state index in [1.54, 1.807) is 0 Å². The second kappa shape index (κ2) is 5.50. The maximum absolute atomic E-state index is 6.41. The molecule has 0 amide bonds.